The summed E-state index contributed by atoms with van der Waals surface area (Å²) in [5.74, 6) is 0.220. The molecule has 4 N–H and O–H groups in total. The molecule has 10 heteroatoms. The normalized spacial score (nSPS) is 12.6. The molecule has 0 unspecified atom stereocenters. The molecule has 134 valence electrons. The Bertz CT molecular complexity index is 589. The Morgan fingerprint density at radius 3 is 1.67 bits per heavy atom. The van der Waals surface area contributed by atoms with Gasteiger partial charge in [-0.25, -0.2) is 9.59 Å². The summed E-state index contributed by atoms with van der Waals surface area (Å²) in [6.07, 6.45) is -2.42. The molecule has 24 heavy (non-hydrogen) atoms. The third kappa shape index (κ3) is 3.87. The molecule has 0 aromatic carbocycles. The minimum absolute atomic E-state index is 0.0909. The van der Waals surface area contributed by atoms with Gasteiger partial charge in [0, 0.05) is 0 Å². The fourth-order valence-electron chi connectivity index (χ4n) is 3.01. The lowest BCUT2D eigenvalue weighted by Crippen LogP contribution is -2.62. The summed E-state index contributed by atoms with van der Waals surface area (Å²) >= 11 is 0. The maximum atomic E-state index is 11.4. The minimum atomic E-state index is -1.21. The summed E-state index contributed by atoms with van der Waals surface area (Å²) in [7, 11) is 0. The third-order valence-electron chi connectivity index (χ3n) is 3.80. The van der Waals surface area contributed by atoms with Gasteiger partial charge in [0.05, 0.1) is 6.54 Å². The Balaban J connectivity index is 3.39. The van der Waals surface area contributed by atoms with Crippen molar-refractivity contribution in [3.05, 3.63) is 11.6 Å². The van der Waals surface area contributed by atoms with Gasteiger partial charge in [0.25, 0.3) is 0 Å². The van der Waals surface area contributed by atoms with E-state index in [0.717, 1.165) is 0 Å². The maximum absolute atomic E-state index is 11.4. The number of nitrogens with one attached hydrogen (secondary N) is 2. The van der Waals surface area contributed by atoms with Gasteiger partial charge in [-0.05, 0) is 10.8 Å². The zero-order valence-corrected chi connectivity index (χ0v) is 14.7. The van der Waals surface area contributed by atoms with Gasteiger partial charge in [0.2, 0.25) is 0 Å². The quantitative estimate of drug-likeness (QED) is 0.645. The molecular weight excluding hydrogens is 316 g/mol. The van der Waals surface area contributed by atoms with E-state index >= 15 is 0 Å². The van der Waals surface area contributed by atoms with E-state index in [-0.39, 0.29) is 18.2 Å². The molecule has 0 aliphatic rings. The van der Waals surface area contributed by atoms with Crippen LogP contribution in [0, 0.1) is 10.8 Å². The topological polar surface area (TPSA) is 150 Å². The number of aromatic nitrogens is 4. The molecule has 10 nitrogen and oxygen atoms in total. The first-order valence-electron chi connectivity index (χ1n) is 7.36. The Labute approximate surface area is 140 Å². The van der Waals surface area contributed by atoms with Crippen LogP contribution >= 0.6 is 0 Å². The molecule has 0 bridgehead atoms. The van der Waals surface area contributed by atoms with E-state index in [1.54, 1.807) is 0 Å². The van der Waals surface area contributed by atoms with Crippen molar-refractivity contribution < 1.29 is 19.8 Å². The van der Waals surface area contributed by atoms with E-state index in [1.807, 2.05) is 41.5 Å². The predicted molar refractivity (Wildman–Crippen MR) is 84.2 cm³/mol. The monoisotopic (exact) mass is 340 g/mol. The highest BCUT2D eigenvalue weighted by atomic mass is 16.4. The molecule has 0 spiro atoms. The standard InChI is InChI=1S/C14H24N6O4/c1-12(2,3)14(13(4,5)6,16-11(23)24)9-19-17-8(18-20-9)7-15-10(21)22/h15-16H,7H2,1-6H3,(H,21,22)(H,23,24). The number of hydrogen-bond donors (Lipinski definition) is 4. The largest absolute Gasteiger partial charge is 0.465 e. The second-order valence-electron chi connectivity index (χ2n) is 7.48. The lowest BCUT2D eigenvalue weighted by molar-refractivity contribution is 0.00991. The molecule has 0 aliphatic carbocycles. The number of amides is 2. The van der Waals surface area contributed by atoms with Crippen molar-refractivity contribution in [1.82, 2.24) is 31.0 Å². The average molecular weight is 340 g/mol. The van der Waals surface area contributed by atoms with Crippen LogP contribution in [0.25, 0.3) is 0 Å². The third-order valence-corrected chi connectivity index (χ3v) is 3.80. The highest BCUT2D eigenvalue weighted by Gasteiger charge is 2.56. The van der Waals surface area contributed by atoms with Crippen molar-refractivity contribution in [2.45, 2.75) is 53.6 Å². The van der Waals surface area contributed by atoms with Crippen LogP contribution in [0.1, 0.15) is 53.2 Å². The summed E-state index contributed by atoms with van der Waals surface area (Å²) in [4.78, 5) is 21.9. The van der Waals surface area contributed by atoms with E-state index < -0.39 is 28.6 Å². The summed E-state index contributed by atoms with van der Waals surface area (Å²) in [6, 6.07) is 0. The van der Waals surface area contributed by atoms with E-state index in [4.69, 9.17) is 5.11 Å². The van der Waals surface area contributed by atoms with Gasteiger partial charge in [-0.2, -0.15) is 0 Å². The summed E-state index contributed by atoms with van der Waals surface area (Å²) in [5, 5.41) is 38.4. The molecule has 0 aliphatic heterocycles. The van der Waals surface area contributed by atoms with Crippen molar-refractivity contribution in [3.63, 3.8) is 0 Å². The van der Waals surface area contributed by atoms with Crippen LogP contribution in [-0.4, -0.2) is 42.8 Å². The molecule has 1 aromatic rings. The summed E-state index contributed by atoms with van der Waals surface area (Å²) in [6.45, 7) is 11.1. The lowest BCUT2D eigenvalue weighted by Gasteiger charge is -2.51. The molecule has 0 saturated heterocycles. The van der Waals surface area contributed by atoms with Crippen molar-refractivity contribution in [1.29, 1.82) is 0 Å². The highest BCUT2D eigenvalue weighted by molar-refractivity contribution is 5.66. The van der Waals surface area contributed by atoms with Crippen molar-refractivity contribution >= 4 is 12.2 Å². The first-order valence-corrected chi connectivity index (χ1v) is 7.36. The predicted octanol–water partition coefficient (Wildman–Crippen LogP) is 1.59. The van der Waals surface area contributed by atoms with Gasteiger partial charge in [-0.1, -0.05) is 41.5 Å². The van der Waals surface area contributed by atoms with Crippen molar-refractivity contribution in [3.8, 4) is 0 Å². The van der Waals surface area contributed by atoms with Crippen LogP contribution in [0.4, 0.5) is 9.59 Å². The highest BCUT2D eigenvalue weighted by Crippen LogP contribution is 2.49. The molecule has 2 amide bonds. The van der Waals surface area contributed by atoms with E-state index in [9.17, 15) is 14.7 Å². The molecule has 0 atom stereocenters. The van der Waals surface area contributed by atoms with E-state index in [0.29, 0.717) is 0 Å². The number of nitrogens with zero attached hydrogens (tertiary/aromatic N) is 4. The Morgan fingerprint density at radius 1 is 0.875 bits per heavy atom. The van der Waals surface area contributed by atoms with Gasteiger partial charge in [-0.15, -0.1) is 20.4 Å². The summed E-state index contributed by atoms with van der Waals surface area (Å²) in [5.41, 5.74) is -2.34. The van der Waals surface area contributed by atoms with Gasteiger partial charge in [-0.3, -0.25) is 0 Å². The summed E-state index contributed by atoms with van der Waals surface area (Å²) < 4.78 is 0. The fraction of sp³-hybridized carbons (Fsp3) is 0.714. The molecule has 1 rings (SSSR count). The SMILES string of the molecule is CC(C)(C)C(NC(=O)O)(c1nnc(CNC(=O)O)nn1)C(C)(C)C. The zero-order chi connectivity index (χ0) is 18.8. The van der Waals surface area contributed by atoms with Crippen LogP contribution in [0.5, 0.6) is 0 Å². The number of rotatable bonds is 4. The lowest BCUT2D eigenvalue weighted by atomic mass is 9.59. The van der Waals surface area contributed by atoms with Crippen LogP contribution in [0.2, 0.25) is 0 Å². The number of carboxylic acid groups (broad SMARTS) is 2. The molecule has 0 saturated carbocycles. The van der Waals surface area contributed by atoms with Gasteiger partial charge >= 0.3 is 12.2 Å². The Hall–Kier alpha value is -2.52. The second-order valence-corrected chi connectivity index (χ2v) is 7.48. The van der Waals surface area contributed by atoms with Crippen LogP contribution < -0.4 is 10.6 Å². The molecule has 0 radical (unpaired) electrons. The average Bonchev–Trinajstić information content (AvgIpc) is 2.40. The fourth-order valence-corrected chi connectivity index (χ4v) is 3.01. The molecule has 0 fully saturated rings. The second kappa shape index (κ2) is 6.54. The molecule has 1 heterocycles. The van der Waals surface area contributed by atoms with Crippen LogP contribution in [0.15, 0.2) is 0 Å². The van der Waals surface area contributed by atoms with Crippen LogP contribution in [0.3, 0.4) is 0 Å². The zero-order valence-electron chi connectivity index (χ0n) is 14.7. The Morgan fingerprint density at radius 2 is 1.33 bits per heavy atom. The Kier molecular flexibility index (Phi) is 5.32. The van der Waals surface area contributed by atoms with Crippen molar-refractivity contribution in [2.75, 3.05) is 0 Å². The van der Waals surface area contributed by atoms with Crippen molar-refractivity contribution in [2.24, 2.45) is 10.8 Å². The van der Waals surface area contributed by atoms with Gasteiger partial charge < -0.3 is 20.8 Å². The first-order chi connectivity index (χ1) is 10.8. The molecular formula is C14H24N6O4. The number of carbonyl (C=O) groups is 2. The smallest absolute Gasteiger partial charge is 0.405 e. The maximum Gasteiger partial charge on any atom is 0.405 e. The van der Waals surface area contributed by atoms with Crippen LogP contribution in [-0.2, 0) is 12.1 Å². The van der Waals surface area contributed by atoms with Gasteiger partial charge in [0.1, 0.15) is 5.54 Å². The minimum Gasteiger partial charge on any atom is -0.465 e. The molecule has 1 aromatic heterocycles. The first kappa shape index (κ1) is 19.5. The number of hydrogen-bond acceptors (Lipinski definition) is 6. The van der Waals surface area contributed by atoms with E-state index in [1.165, 1.54) is 0 Å². The van der Waals surface area contributed by atoms with E-state index in [2.05, 4.69) is 31.0 Å². The van der Waals surface area contributed by atoms with Gasteiger partial charge in [0.15, 0.2) is 11.6 Å².